The third kappa shape index (κ3) is 3.24. The number of hydrogen-bond acceptors (Lipinski definition) is 6. The molecule has 1 aromatic rings. The first-order chi connectivity index (χ1) is 7.75. The first-order valence-electron chi connectivity index (χ1n) is 4.31. The molecule has 0 aliphatic heterocycles. The Kier molecular flexibility index (Phi) is 3.84. The summed E-state index contributed by atoms with van der Waals surface area (Å²) in [6, 6.07) is 2.14. The molecule has 1 rings (SSSR count). The van der Waals surface area contributed by atoms with E-state index in [2.05, 4.69) is 9.72 Å². The number of Topliss-reactive ketones (excluding diaryl/α,β-unsaturated/α-hetero) is 1. The van der Waals surface area contributed by atoms with E-state index in [9.17, 15) is 18.0 Å². The molecule has 0 radical (unpaired) electrons. The predicted octanol–water partition coefficient (Wildman–Crippen LogP) is 0.998. The van der Waals surface area contributed by atoms with Gasteiger partial charge in [-0.25, -0.2) is 18.2 Å². The summed E-state index contributed by atoms with van der Waals surface area (Å²) in [5.41, 5.74) is -0.279. The van der Waals surface area contributed by atoms with E-state index in [1.54, 1.807) is 0 Å². The van der Waals surface area contributed by atoms with Gasteiger partial charge in [0.15, 0.2) is 16.5 Å². The van der Waals surface area contributed by atoms with E-state index in [1.807, 2.05) is 0 Å². The molecule has 8 heteroatoms. The second-order valence-corrected chi connectivity index (χ2v) is 5.58. The molecular formula is C9H8ClNO5S. The lowest BCUT2D eigenvalue weighted by atomic mass is 10.1. The van der Waals surface area contributed by atoms with Crippen LogP contribution < -0.4 is 0 Å². The van der Waals surface area contributed by atoms with E-state index in [-0.39, 0.29) is 11.3 Å². The highest BCUT2D eigenvalue weighted by Crippen LogP contribution is 2.16. The summed E-state index contributed by atoms with van der Waals surface area (Å²) in [5, 5.41) is -0.563. The van der Waals surface area contributed by atoms with Crippen molar-refractivity contribution in [1.29, 1.82) is 0 Å². The molecule has 0 fully saturated rings. The predicted molar refractivity (Wildman–Crippen MR) is 58.6 cm³/mol. The molecule has 6 nitrogen and oxygen atoms in total. The maximum Gasteiger partial charge on any atom is 0.356 e. The highest BCUT2D eigenvalue weighted by molar-refractivity contribution is 8.13. The van der Waals surface area contributed by atoms with Crippen LogP contribution in [0.25, 0.3) is 0 Å². The molecule has 0 unspecified atom stereocenters. The fourth-order valence-corrected chi connectivity index (χ4v) is 1.75. The third-order valence-corrected chi connectivity index (χ3v) is 3.04. The average molecular weight is 278 g/mol. The van der Waals surface area contributed by atoms with Crippen molar-refractivity contribution >= 4 is 31.5 Å². The van der Waals surface area contributed by atoms with Gasteiger partial charge in [-0.1, -0.05) is 0 Å². The summed E-state index contributed by atoms with van der Waals surface area (Å²) in [6.45, 7) is 1.22. The van der Waals surface area contributed by atoms with Crippen LogP contribution in [0.4, 0.5) is 0 Å². The van der Waals surface area contributed by atoms with Gasteiger partial charge in [-0.15, -0.1) is 0 Å². The maximum atomic E-state index is 11.2. The number of ketones is 1. The van der Waals surface area contributed by atoms with Gasteiger partial charge in [-0.3, -0.25) is 4.79 Å². The molecule has 0 aliphatic carbocycles. The Morgan fingerprint density at radius 3 is 2.35 bits per heavy atom. The number of ether oxygens (including phenoxy) is 1. The third-order valence-electron chi connectivity index (χ3n) is 1.85. The summed E-state index contributed by atoms with van der Waals surface area (Å²) >= 11 is 0. The molecule has 0 aromatic carbocycles. The van der Waals surface area contributed by atoms with Crippen LogP contribution in [0.15, 0.2) is 17.2 Å². The molecule has 17 heavy (non-hydrogen) atoms. The Bertz CT molecular complexity index is 581. The van der Waals surface area contributed by atoms with Crippen LogP contribution in [0.3, 0.4) is 0 Å². The van der Waals surface area contributed by atoms with Gasteiger partial charge >= 0.3 is 5.97 Å². The fraction of sp³-hybridized carbons (Fsp3) is 0.222. The number of esters is 1. The normalized spacial score (nSPS) is 11.0. The van der Waals surface area contributed by atoms with Crippen LogP contribution in [-0.2, 0) is 13.8 Å². The van der Waals surface area contributed by atoms with Gasteiger partial charge in [-0.05, 0) is 19.1 Å². The molecule has 0 N–H and O–H groups in total. The Morgan fingerprint density at radius 1 is 1.35 bits per heavy atom. The number of carbonyl (C=O) groups excluding carboxylic acids is 2. The lowest BCUT2D eigenvalue weighted by Crippen LogP contribution is -2.10. The summed E-state index contributed by atoms with van der Waals surface area (Å²) in [5.74, 6) is -1.27. The Hall–Kier alpha value is -1.47. The Labute approximate surface area is 102 Å². The van der Waals surface area contributed by atoms with Gasteiger partial charge in [0, 0.05) is 16.2 Å². The van der Waals surface area contributed by atoms with E-state index in [0.29, 0.717) is 0 Å². The van der Waals surface area contributed by atoms with Crippen molar-refractivity contribution < 1.29 is 22.7 Å². The minimum Gasteiger partial charge on any atom is -0.464 e. The number of rotatable bonds is 3. The van der Waals surface area contributed by atoms with Crippen molar-refractivity contribution in [2.45, 2.75) is 11.9 Å². The lowest BCUT2D eigenvalue weighted by molar-refractivity contribution is 0.0593. The number of aromatic nitrogens is 1. The summed E-state index contributed by atoms with van der Waals surface area (Å²) in [7, 11) is 2.09. The number of hydrogen-bond donors (Lipinski definition) is 0. The van der Waals surface area contributed by atoms with Crippen molar-refractivity contribution in [2.75, 3.05) is 7.11 Å². The summed E-state index contributed by atoms with van der Waals surface area (Å²) in [6.07, 6.45) is 0. The highest BCUT2D eigenvalue weighted by Gasteiger charge is 2.19. The van der Waals surface area contributed by atoms with Crippen LogP contribution in [-0.4, -0.2) is 32.3 Å². The van der Waals surface area contributed by atoms with Gasteiger partial charge in [0.2, 0.25) is 0 Å². The van der Waals surface area contributed by atoms with Crippen molar-refractivity contribution in [3.63, 3.8) is 0 Å². The van der Waals surface area contributed by atoms with Gasteiger partial charge in [-0.2, -0.15) is 0 Å². The Morgan fingerprint density at radius 2 is 1.94 bits per heavy atom. The van der Waals surface area contributed by atoms with E-state index in [1.165, 1.54) is 6.92 Å². The SMILES string of the molecule is COC(=O)c1cc(C(C)=O)cc(S(=O)(=O)Cl)n1. The van der Waals surface area contributed by atoms with Gasteiger partial charge in [0.05, 0.1) is 7.11 Å². The van der Waals surface area contributed by atoms with Crippen LogP contribution in [0.5, 0.6) is 0 Å². The average Bonchev–Trinajstić information content (AvgIpc) is 2.26. The second kappa shape index (κ2) is 4.80. The zero-order valence-corrected chi connectivity index (χ0v) is 10.5. The minimum atomic E-state index is -4.12. The summed E-state index contributed by atoms with van der Waals surface area (Å²) in [4.78, 5) is 25.9. The van der Waals surface area contributed by atoms with E-state index in [0.717, 1.165) is 19.2 Å². The van der Waals surface area contributed by atoms with Gasteiger partial charge < -0.3 is 4.74 Å². The monoisotopic (exact) mass is 277 g/mol. The van der Waals surface area contributed by atoms with E-state index >= 15 is 0 Å². The molecule has 0 amide bonds. The number of carbonyl (C=O) groups is 2. The van der Waals surface area contributed by atoms with E-state index in [4.69, 9.17) is 10.7 Å². The van der Waals surface area contributed by atoms with Gasteiger partial charge in [0.1, 0.15) is 0 Å². The first kappa shape index (κ1) is 13.6. The second-order valence-electron chi connectivity index (χ2n) is 3.06. The van der Waals surface area contributed by atoms with Gasteiger partial charge in [0.25, 0.3) is 9.05 Å². The summed E-state index contributed by atoms with van der Waals surface area (Å²) < 4.78 is 26.6. The van der Waals surface area contributed by atoms with Crippen molar-refractivity contribution in [1.82, 2.24) is 4.98 Å². The molecule has 0 saturated carbocycles. The smallest absolute Gasteiger partial charge is 0.356 e. The lowest BCUT2D eigenvalue weighted by Gasteiger charge is -2.03. The van der Waals surface area contributed by atoms with Crippen molar-refractivity contribution in [2.24, 2.45) is 0 Å². The van der Waals surface area contributed by atoms with Crippen LogP contribution in [0.2, 0.25) is 0 Å². The van der Waals surface area contributed by atoms with Crippen LogP contribution >= 0.6 is 10.7 Å². The molecule has 1 heterocycles. The Balaban J connectivity index is 3.50. The number of methoxy groups -OCH3 is 1. The van der Waals surface area contributed by atoms with Crippen molar-refractivity contribution in [3.8, 4) is 0 Å². The largest absolute Gasteiger partial charge is 0.464 e. The topological polar surface area (TPSA) is 90.4 Å². The molecule has 92 valence electrons. The van der Waals surface area contributed by atoms with Crippen LogP contribution in [0.1, 0.15) is 27.8 Å². The molecule has 0 saturated heterocycles. The number of pyridine rings is 1. The molecule has 0 aliphatic rings. The molecule has 0 spiro atoms. The minimum absolute atomic E-state index is 0.0135. The standard InChI is InChI=1S/C9H8ClNO5S/c1-5(12)6-3-7(9(13)16-2)11-8(4-6)17(10,14)15/h3-4H,1-2H3. The fourth-order valence-electron chi connectivity index (χ4n) is 1.04. The van der Waals surface area contributed by atoms with Crippen molar-refractivity contribution in [3.05, 3.63) is 23.4 Å². The van der Waals surface area contributed by atoms with Crippen LogP contribution in [0, 0.1) is 0 Å². The quantitative estimate of drug-likeness (QED) is 0.465. The molecular weight excluding hydrogens is 270 g/mol. The molecule has 1 aromatic heterocycles. The zero-order chi connectivity index (χ0) is 13.2. The number of halogens is 1. The maximum absolute atomic E-state index is 11.2. The zero-order valence-electron chi connectivity index (χ0n) is 8.93. The highest BCUT2D eigenvalue weighted by atomic mass is 35.7. The molecule has 0 atom stereocenters. The molecule has 0 bridgehead atoms. The number of nitrogens with zero attached hydrogens (tertiary/aromatic N) is 1. The first-order valence-corrected chi connectivity index (χ1v) is 6.62. The van der Waals surface area contributed by atoms with E-state index < -0.39 is 25.8 Å².